The van der Waals surface area contributed by atoms with Crippen LogP contribution in [0.5, 0.6) is 5.75 Å². The Morgan fingerprint density at radius 3 is 2.41 bits per heavy atom. The van der Waals surface area contributed by atoms with E-state index >= 15 is 0 Å². The molecule has 2 saturated carbocycles. The molecular weight excluding hydrogens is 418 g/mol. The van der Waals surface area contributed by atoms with Crippen molar-refractivity contribution in [2.24, 2.45) is 29.4 Å². The van der Waals surface area contributed by atoms with Crippen LogP contribution in [0.15, 0.2) is 6.07 Å². The SMILES string of the molecule is CNc1cc(N(C)C)c2c(c1O)C(=O)C1C(=O)[C@]3(O)C(=O)C(C(N)=O)C(=O)C[C@@H]3C[C@@H]1C2. The van der Waals surface area contributed by atoms with Gasteiger partial charge in [-0.15, -0.1) is 0 Å². The number of Topliss-reactive ketones (excluding diaryl/α,β-unsaturated/α-hetero) is 4. The molecule has 32 heavy (non-hydrogen) atoms. The molecule has 4 rings (SSSR count). The smallest absolute Gasteiger partial charge is 0.235 e. The van der Waals surface area contributed by atoms with E-state index in [0.717, 1.165) is 0 Å². The summed E-state index contributed by atoms with van der Waals surface area (Å²) in [6.45, 7) is 0. The molecule has 0 aromatic heterocycles. The fourth-order valence-electron chi connectivity index (χ4n) is 5.60. The lowest BCUT2D eigenvalue weighted by atomic mass is 9.53. The molecular formula is C22H25N3O7. The Morgan fingerprint density at radius 1 is 1.19 bits per heavy atom. The zero-order chi connectivity index (χ0) is 23.7. The van der Waals surface area contributed by atoms with Crippen LogP contribution < -0.4 is 16.0 Å². The van der Waals surface area contributed by atoms with Gasteiger partial charge < -0.3 is 26.2 Å². The molecule has 0 bridgehead atoms. The minimum absolute atomic E-state index is 0.0250. The number of aliphatic hydroxyl groups is 1. The van der Waals surface area contributed by atoms with Gasteiger partial charge in [-0.3, -0.25) is 24.0 Å². The van der Waals surface area contributed by atoms with E-state index in [1.165, 1.54) is 0 Å². The maximum Gasteiger partial charge on any atom is 0.235 e. The van der Waals surface area contributed by atoms with E-state index in [2.05, 4.69) is 5.32 Å². The maximum atomic E-state index is 13.5. The van der Waals surface area contributed by atoms with Crippen molar-refractivity contribution in [2.45, 2.75) is 24.9 Å². The lowest BCUT2D eigenvalue weighted by Crippen LogP contribution is -2.68. The number of hydrogen-bond acceptors (Lipinski definition) is 9. The molecule has 0 heterocycles. The molecule has 0 spiro atoms. The summed E-state index contributed by atoms with van der Waals surface area (Å²) in [4.78, 5) is 65.7. The largest absolute Gasteiger partial charge is 0.505 e. The summed E-state index contributed by atoms with van der Waals surface area (Å²) in [6.07, 6.45) is -0.0322. The lowest BCUT2D eigenvalue weighted by Gasteiger charge is -2.48. The Balaban J connectivity index is 1.86. The van der Waals surface area contributed by atoms with Gasteiger partial charge in [0.15, 0.2) is 34.7 Å². The van der Waals surface area contributed by atoms with Crippen molar-refractivity contribution in [1.29, 1.82) is 0 Å². The summed E-state index contributed by atoms with van der Waals surface area (Å²) in [5.41, 5.74) is 4.07. The second-order valence-corrected chi connectivity index (χ2v) is 9.03. The number of anilines is 2. The van der Waals surface area contributed by atoms with Gasteiger partial charge in [0.1, 0.15) is 5.75 Å². The Bertz CT molecular complexity index is 1100. The van der Waals surface area contributed by atoms with Gasteiger partial charge in [0.2, 0.25) is 5.91 Å². The number of fused-ring (bicyclic) bond motifs is 3. The number of hydrogen-bond donors (Lipinski definition) is 4. The molecule has 5 N–H and O–H groups in total. The zero-order valence-electron chi connectivity index (χ0n) is 18.0. The summed E-state index contributed by atoms with van der Waals surface area (Å²) in [5.74, 6) is -10.1. The van der Waals surface area contributed by atoms with Crippen LogP contribution in [0.3, 0.4) is 0 Å². The number of aromatic hydroxyl groups is 1. The maximum absolute atomic E-state index is 13.5. The van der Waals surface area contributed by atoms with Crippen molar-refractivity contribution in [3.05, 3.63) is 17.2 Å². The van der Waals surface area contributed by atoms with Crippen molar-refractivity contribution < 1.29 is 34.2 Å². The molecule has 2 fully saturated rings. The third kappa shape index (κ3) is 2.72. The second-order valence-electron chi connectivity index (χ2n) is 9.03. The highest BCUT2D eigenvalue weighted by molar-refractivity contribution is 6.31. The summed E-state index contributed by atoms with van der Waals surface area (Å²) >= 11 is 0. The number of primary amides is 1. The van der Waals surface area contributed by atoms with Gasteiger partial charge in [-0.05, 0) is 30.4 Å². The molecule has 0 radical (unpaired) electrons. The Hall–Kier alpha value is -3.27. The fraction of sp³-hybridized carbons (Fsp3) is 0.500. The number of amides is 1. The Morgan fingerprint density at radius 2 is 1.84 bits per heavy atom. The quantitative estimate of drug-likeness (QED) is 0.353. The molecule has 0 saturated heterocycles. The number of benzene rings is 1. The molecule has 1 amide bonds. The van der Waals surface area contributed by atoms with E-state index in [1.807, 2.05) is 0 Å². The van der Waals surface area contributed by atoms with Crippen LogP contribution in [0.25, 0.3) is 0 Å². The van der Waals surface area contributed by atoms with Crippen LogP contribution in [0.4, 0.5) is 11.4 Å². The predicted molar refractivity (Wildman–Crippen MR) is 112 cm³/mol. The van der Waals surface area contributed by atoms with E-state index < -0.39 is 58.3 Å². The summed E-state index contributed by atoms with van der Waals surface area (Å²) in [7, 11) is 5.16. The molecule has 0 aliphatic heterocycles. The topological polar surface area (TPSA) is 167 Å². The number of phenols is 1. The van der Waals surface area contributed by atoms with Crippen LogP contribution >= 0.6 is 0 Å². The van der Waals surface area contributed by atoms with Gasteiger partial charge >= 0.3 is 0 Å². The average Bonchev–Trinajstić information content (AvgIpc) is 2.70. The van der Waals surface area contributed by atoms with Gasteiger partial charge in [0.05, 0.1) is 17.2 Å². The highest BCUT2D eigenvalue weighted by Gasteiger charge is 2.66. The highest BCUT2D eigenvalue weighted by atomic mass is 16.3. The number of carbonyl (C=O) groups excluding carboxylic acids is 5. The predicted octanol–water partition coefficient (Wildman–Crippen LogP) is -0.565. The van der Waals surface area contributed by atoms with Gasteiger partial charge in [-0.1, -0.05) is 0 Å². The van der Waals surface area contributed by atoms with E-state index in [0.29, 0.717) is 16.9 Å². The van der Waals surface area contributed by atoms with Crippen molar-refractivity contribution in [1.82, 2.24) is 0 Å². The van der Waals surface area contributed by atoms with Crippen LogP contribution in [-0.4, -0.2) is 66.0 Å². The van der Waals surface area contributed by atoms with E-state index in [9.17, 15) is 34.2 Å². The molecule has 5 atom stereocenters. The van der Waals surface area contributed by atoms with Crippen molar-refractivity contribution >= 4 is 40.4 Å². The van der Waals surface area contributed by atoms with Crippen LogP contribution in [0, 0.1) is 23.7 Å². The van der Waals surface area contributed by atoms with Crippen molar-refractivity contribution in [2.75, 3.05) is 31.4 Å². The number of phenolic OH excluding ortho intramolecular Hbond substituents is 1. The first-order chi connectivity index (χ1) is 14.9. The number of carbonyl (C=O) groups is 5. The van der Waals surface area contributed by atoms with Crippen LogP contribution in [0.1, 0.15) is 28.8 Å². The number of nitrogens with one attached hydrogen (secondary N) is 1. The van der Waals surface area contributed by atoms with E-state index in [-0.39, 0.29) is 30.6 Å². The lowest BCUT2D eigenvalue weighted by molar-refractivity contribution is -0.175. The van der Waals surface area contributed by atoms with Gasteiger partial charge in [-0.2, -0.15) is 0 Å². The first-order valence-electron chi connectivity index (χ1n) is 10.4. The van der Waals surface area contributed by atoms with E-state index in [4.69, 9.17) is 5.73 Å². The second kappa shape index (κ2) is 7.13. The first kappa shape index (κ1) is 21.9. The molecule has 3 aliphatic rings. The average molecular weight is 443 g/mol. The number of ketones is 4. The number of nitrogens with two attached hydrogens (primary N) is 1. The van der Waals surface area contributed by atoms with E-state index in [1.54, 1.807) is 32.1 Å². The number of rotatable bonds is 3. The third-order valence-electron chi connectivity index (χ3n) is 7.13. The molecule has 1 aromatic carbocycles. The molecule has 170 valence electrons. The third-order valence-corrected chi connectivity index (χ3v) is 7.13. The molecule has 10 heteroatoms. The molecule has 3 aliphatic carbocycles. The standard InChI is InChI=1S/C22H25N3O7/c1-24-11-7-12(25(2)3)10-5-8-4-9-6-13(26)16(21(23)31)20(30)22(9,32)19(29)14(8)18(28)15(10)17(11)27/h7-9,14,16,24,27,32H,4-6H2,1-3H3,(H2,23,31)/t8-,9+,14?,16?,22+/m1/s1. The highest BCUT2D eigenvalue weighted by Crippen LogP contribution is 2.52. The minimum atomic E-state index is -2.64. The van der Waals surface area contributed by atoms with Crippen molar-refractivity contribution in [3.8, 4) is 5.75 Å². The number of nitrogens with zero attached hydrogens (tertiary/aromatic N) is 1. The van der Waals surface area contributed by atoms with Crippen LogP contribution in [0.2, 0.25) is 0 Å². The molecule has 2 unspecified atom stereocenters. The van der Waals surface area contributed by atoms with Crippen molar-refractivity contribution in [3.63, 3.8) is 0 Å². The summed E-state index contributed by atoms with van der Waals surface area (Å²) in [5, 5.41) is 24.7. The molecule has 1 aromatic rings. The van der Waals surface area contributed by atoms with Crippen LogP contribution in [-0.2, 0) is 25.6 Å². The fourth-order valence-corrected chi connectivity index (χ4v) is 5.60. The van der Waals surface area contributed by atoms with Gasteiger partial charge in [0.25, 0.3) is 0 Å². The summed E-state index contributed by atoms with van der Waals surface area (Å²) < 4.78 is 0. The van der Waals surface area contributed by atoms with Gasteiger partial charge in [0, 0.05) is 39.2 Å². The summed E-state index contributed by atoms with van der Waals surface area (Å²) in [6, 6.07) is 1.70. The normalized spacial score (nSPS) is 31.5. The molecule has 10 nitrogen and oxygen atoms in total. The zero-order valence-corrected chi connectivity index (χ0v) is 18.0. The Labute approximate surface area is 183 Å². The monoisotopic (exact) mass is 443 g/mol. The van der Waals surface area contributed by atoms with Gasteiger partial charge in [-0.25, -0.2) is 0 Å². The Kier molecular flexibility index (Phi) is 4.89. The first-order valence-corrected chi connectivity index (χ1v) is 10.4. The minimum Gasteiger partial charge on any atom is -0.505 e.